The molecule has 1 amide bonds. The van der Waals surface area contributed by atoms with Gasteiger partial charge in [0, 0.05) is 18.9 Å². The molecule has 166 valence electrons. The Hall–Kier alpha value is -2.82. The molecule has 0 radical (unpaired) electrons. The summed E-state index contributed by atoms with van der Waals surface area (Å²) in [6, 6.07) is 14.4. The van der Waals surface area contributed by atoms with E-state index in [2.05, 4.69) is 67.9 Å². The van der Waals surface area contributed by atoms with E-state index < -0.39 is 0 Å². The first-order valence-corrected chi connectivity index (χ1v) is 11.5. The van der Waals surface area contributed by atoms with Gasteiger partial charge in [-0.15, -0.1) is 0 Å². The van der Waals surface area contributed by atoms with Gasteiger partial charge in [0.05, 0.1) is 17.6 Å². The molecule has 1 heterocycles. The molecule has 0 bridgehead atoms. The fraction of sp³-hybridized carbons (Fsp3) is 0.462. The quantitative estimate of drug-likeness (QED) is 0.432. The van der Waals surface area contributed by atoms with Crippen LogP contribution in [-0.4, -0.2) is 28.6 Å². The molecule has 0 saturated carbocycles. The second-order valence-electron chi connectivity index (χ2n) is 8.15. The van der Waals surface area contributed by atoms with Gasteiger partial charge in [0.1, 0.15) is 18.2 Å². The Bertz CT molecular complexity index is 985. The van der Waals surface area contributed by atoms with E-state index in [1.807, 2.05) is 12.1 Å². The number of fused-ring (bicyclic) bond motifs is 1. The molecule has 5 nitrogen and oxygen atoms in total. The lowest BCUT2D eigenvalue weighted by molar-refractivity contribution is -0.125. The Balaban J connectivity index is 1.64. The zero-order valence-electron chi connectivity index (χ0n) is 19.3. The number of hydrogen-bond donors (Lipinski definition) is 1. The van der Waals surface area contributed by atoms with Crippen LogP contribution in [0, 0.1) is 19.8 Å². The number of carbonyl (C=O) groups excluding carboxylic acids is 1. The van der Waals surface area contributed by atoms with Crippen molar-refractivity contribution < 1.29 is 9.53 Å². The summed E-state index contributed by atoms with van der Waals surface area (Å²) in [7, 11) is 0. The molecule has 0 saturated heterocycles. The van der Waals surface area contributed by atoms with Crippen LogP contribution in [0.3, 0.4) is 0 Å². The second-order valence-corrected chi connectivity index (χ2v) is 8.15. The summed E-state index contributed by atoms with van der Waals surface area (Å²) in [6.07, 6.45) is 3.46. The van der Waals surface area contributed by atoms with Crippen molar-refractivity contribution in [2.24, 2.45) is 5.92 Å². The third kappa shape index (κ3) is 5.66. The van der Waals surface area contributed by atoms with E-state index >= 15 is 0 Å². The van der Waals surface area contributed by atoms with E-state index in [1.165, 1.54) is 0 Å². The Kier molecular flexibility index (Phi) is 8.10. The van der Waals surface area contributed by atoms with Crippen LogP contribution < -0.4 is 10.1 Å². The van der Waals surface area contributed by atoms with Gasteiger partial charge >= 0.3 is 0 Å². The molecule has 0 aliphatic heterocycles. The number of nitrogens with one attached hydrogen (secondary N) is 1. The minimum absolute atomic E-state index is 0.117. The maximum absolute atomic E-state index is 12.2. The first-order valence-electron chi connectivity index (χ1n) is 11.5. The van der Waals surface area contributed by atoms with Crippen LogP contribution in [0.2, 0.25) is 0 Å². The molecule has 3 aromatic rings. The van der Waals surface area contributed by atoms with E-state index in [4.69, 9.17) is 9.72 Å². The number of nitrogens with zero attached hydrogens (tertiary/aromatic N) is 2. The van der Waals surface area contributed by atoms with Gasteiger partial charge < -0.3 is 14.6 Å². The second kappa shape index (κ2) is 11.0. The van der Waals surface area contributed by atoms with E-state index in [9.17, 15) is 4.79 Å². The van der Waals surface area contributed by atoms with Crippen molar-refractivity contribution in [2.75, 3.05) is 13.2 Å². The van der Waals surface area contributed by atoms with Crippen LogP contribution >= 0.6 is 0 Å². The Morgan fingerprint density at radius 1 is 1.06 bits per heavy atom. The van der Waals surface area contributed by atoms with Crippen molar-refractivity contribution in [1.82, 2.24) is 14.9 Å². The number of para-hydroxylation sites is 3. The monoisotopic (exact) mass is 421 g/mol. The highest BCUT2D eigenvalue weighted by atomic mass is 16.5. The minimum atomic E-state index is 0.117. The molecule has 0 atom stereocenters. The maximum atomic E-state index is 12.2. The summed E-state index contributed by atoms with van der Waals surface area (Å²) in [5.74, 6) is 2.30. The van der Waals surface area contributed by atoms with Crippen LogP contribution in [0.4, 0.5) is 0 Å². The van der Waals surface area contributed by atoms with Crippen LogP contribution in [0.25, 0.3) is 11.0 Å². The summed E-state index contributed by atoms with van der Waals surface area (Å²) in [5.41, 5.74) is 4.45. The molecule has 0 aliphatic rings. The summed E-state index contributed by atoms with van der Waals surface area (Å²) in [5, 5.41) is 3.08. The van der Waals surface area contributed by atoms with Crippen LogP contribution in [0.15, 0.2) is 42.5 Å². The number of aryl methyl sites for hydroxylation is 3. The lowest BCUT2D eigenvalue weighted by atomic mass is 10.0. The normalized spacial score (nSPS) is 11.3. The number of benzene rings is 2. The number of ether oxygens (including phenoxy) is 1. The number of imidazole rings is 1. The molecular formula is C26H35N3O2. The van der Waals surface area contributed by atoms with E-state index in [-0.39, 0.29) is 11.8 Å². The lowest BCUT2D eigenvalue weighted by Gasteiger charge is -2.14. The van der Waals surface area contributed by atoms with Gasteiger partial charge in [-0.1, -0.05) is 44.2 Å². The van der Waals surface area contributed by atoms with Gasteiger partial charge in [0.25, 0.3) is 0 Å². The molecule has 3 rings (SSSR count). The smallest absolute Gasteiger partial charge is 0.223 e. The average Bonchev–Trinajstić information content (AvgIpc) is 3.11. The van der Waals surface area contributed by atoms with E-state index in [1.54, 1.807) is 0 Å². The molecular weight excluding hydrogens is 386 g/mol. The van der Waals surface area contributed by atoms with E-state index in [0.717, 1.165) is 66.0 Å². The third-order valence-electron chi connectivity index (χ3n) is 5.94. The Labute approximate surface area is 185 Å². The number of carbonyl (C=O) groups is 1. The highest BCUT2D eigenvalue weighted by molar-refractivity contribution is 5.78. The van der Waals surface area contributed by atoms with Crippen molar-refractivity contribution in [1.29, 1.82) is 0 Å². The van der Waals surface area contributed by atoms with E-state index in [0.29, 0.717) is 13.2 Å². The first kappa shape index (κ1) is 22.9. The number of rotatable bonds is 11. The molecule has 2 aromatic carbocycles. The van der Waals surface area contributed by atoms with Crippen LogP contribution in [0.1, 0.15) is 50.1 Å². The van der Waals surface area contributed by atoms with Crippen molar-refractivity contribution in [3.8, 4) is 5.75 Å². The molecule has 0 aliphatic carbocycles. The largest absolute Gasteiger partial charge is 0.491 e. The van der Waals surface area contributed by atoms with Gasteiger partial charge in [0.15, 0.2) is 0 Å². The zero-order valence-corrected chi connectivity index (χ0v) is 19.3. The van der Waals surface area contributed by atoms with Gasteiger partial charge in [0.2, 0.25) is 5.91 Å². The average molecular weight is 422 g/mol. The summed E-state index contributed by atoms with van der Waals surface area (Å²) in [4.78, 5) is 17.1. The zero-order chi connectivity index (χ0) is 22.2. The number of aromatic nitrogens is 2. The predicted molar refractivity (Wildman–Crippen MR) is 127 cm³/mol. The SMILES string of the molecule is CCC(CC)C(=O)NCCCc1nc2ccccc2n1CCOc1c(C)cccc1C. The number of hydrogen-bond acceptors (Lipinski definition) is 3. The van der Waals surface area contributed by atoms with Crippen molar-refractivity contribution >= 4 is 16.9 Å². The highest BCUT2D eigenvalue weighted by Crippen LogP contribution is 2.23. The van der Waals surface area contributed by atoms with Crippen molar-refractivity contribution in [3.05, 3.63) is 59.4 Å². The van der Waals surface area contributed by atoms with Gasteiger partial charge in [-0.2, -0.15) is 0 Å². The van der Waals surface area contributed by atoms with Crippen LogP contribution in [0.5, 0.6) is 5.75 Å². The molecule has 0 spiro atoms. The van der Waals surface area contributed by atoms with Gasteiger partial charge in [-0.05, 0) is 56.4 Å². The summed E-state index contributed by atoms with van der Waals surface area (Å²) in [6.45, 7) is 10.3. The molecule has 5 heteroatoms. The lowest BCUT2D eigenvalue weighted by Crippen LogP contribution is -2.31. The Morgan fingerprint density at radius 3 is 2.48 bits per heavy atom. The topological polar surface area (TPSA) is 56.2 Å². The summed E-state index contributed by atoms with van der Waals surface area (Å²) >= 11 is 0. The van der Waals surface area contributed by atoms with Crippen molar-refractivity contribution in [2.45, 2.75) is 59.9 Å². The fourth-order valence-electron chi connectivity index (χ4n) is 4.09. The number of amides is 1. The Morgan fingerprint density at radius 2 is 1.77 bits per heavy atom. The van der Waals surface area contributed by atoms with Crippen molar-refractivity contribution in [3.63, 3.8) is 0 Å². The predicted octanol–water partition coefficient (Wildman–Crippen LogP) is 5.22. The minimum Gasteiger partial charge on any atom is -0.491 e. The maximum Gasteiger partial charge on any atom is 0.223 e. The molecule has 31 heavy (non-hydrogen) atoms. The molecule has 0 fully saturated rings. The van der Waals surface area contributed by atoms with Crippen LogP contribution in [-0.2, 0) is 17.8 Å². The van der Waals surface area contributed by atoms with Gasteiger partial charge in [-0.3, -0.25) is 4.79 Å². The fourth-order valence-corrected chi connectivity index (χ4v) is 4.09. The first-order chi connectivity index (χ1) is 15.0. The standard InChI is InChI=1S/C26H35N3O2/c1-5-21(6-2)26(30)27-16-10-15-24-28-22-13-7-8-14-23(22)29(24)17-18-31-25-19(3)11-9-12-20(25)4/h7-9,11-14,21H,5-6,10,15-18H2,1-4H3,(H,27,30). The summed E-state index contributed by atoms with van der Waals surface area (Å²) < 4.78 is 8.40. The van der Waals surface area contributed by atoms with Gasteiger partial charge in [-0.25, -0.2) is 4.98 Å². The molecule has 0 unspecified atom stereocenters. The third-order valence-corrected chi connectivity index (χ3v) is 5.94. The molecule has 1 N–H and O–H groups in total. The highest BCUT2D eigenvalue weighted by Gasteiger charge is 2.14. The molecule has 1 aromatic heterocycles.